The number of nitrogens with two attached hydrogens (primary N) is 1. The van der Waals surface area contributed by atoms with Gasteiger partial charge in [-0.05, 0) is 69.9 Å². The highest BCUT2D eigenvalue weighted by Gasteiger charge is 2.27. The molecule has 5 aromatic rings. The molecular weight excluding hydrogens is 717 g/mol. The molecule has 1 aromatic carbocycles. The van der Waals surface area contributed by atoms with E-state index in [1.165, 1.54) is 13.8 Å². The van der Waals surface area contributed by atoms with Gasteiger partial charge in [0.15, 0.2) is 12.4 Å². The minimum atomic E-state index is -0.549. The van der Waals surface area contributed by atoms with Crippen LogP contribution in [0.2, 0.25) is 0 Å². The Morgan fingerprint density at radius 1 is 0.982 bits per heavy atom. The van der Waals surface area contributed by atoms with Gasteiger partial charge in [-0.25, -0.2) is 9.97 Å². The summed E-state index contributed by atoms with van der Waals surface area (Å²) >= 11 is 0. The second kappa shape index (κ2) is 15.9. The monoisotopic (exact) mass is 762 g/mol. The van der Waals surface area contributed by atoms with Gasteiger partial charge in [0, 0.05) is 68.7 Å². The lowest BCUT2D eigenvalue weighted by atomic mass is 9.93. The maximum atomic E-state index is 13.5. The minimum Gasteiger partial charge on any atom is -0.484 e. The van der Waals surface area contributed by atoms with E-state index < -0.39 is 11.8 Å². The van der Waals surface area contributed by atoms with Crippen molar-refractivity contribution in [1.29, 1.82) is 0 Å². The van der Waals surface area contributed by atoms with E-state index in [9.17, 15) is 24.0 Å². The van der Waals surface area contributed by atoms with Crippen molar-refractivity contribution in [3.8, 4) is 5.75 Å². The summed E-state index contributed by atoms with van der Waals surface area (Å²) in [6, 6.07) is 9.14. The molecule has 2 amide bonds. The number of nitrogens with zero attached hydrogens (tertiary/aromatic N) is 8. The van der Waals surface area contributed by atoms with Gasteiger partial charge >= 0.3 is 0 Å². The summed E-state index contributed by atoms with van der Waals surface area (Å²) in [5.41, 5.74) is 8.57. The lowest BCUT2D eigenvalue weighted by molar-refractivity contribution is -0.133. The molecule has 1 atom stereocenters. The standard InChI is InChI=1S/C40H46N10O6/c1-23-31-21-43-40(45-38(31)50(26-7-5-6-8-26)39(55)36(23)25(3)52)44-34-14-9-27(20-42-34)48-15-17-49(18-16-48)35(54)22-56-28-10-11-30-32(19-28)47(4)46-37(30)29(24(2)51)12-13-33(41)53/h9-11,14,19-21,26,29H,5-8,12-13,15-18,22H2,1-4H3,(H2,41,53)(H,42,43,44,45). The first kappa shape index (κ1) is 38.1. The fourth-order valence-electron chi connectivity index (χ4n) is 7.95. The van der Waals surface area contributed by atoms with Crippen LogP contribution in [0.25, 0.3) is 21.9 Å². The van der Waals surface area contributed by atoms with E-state index in [1.54, 1.807) is 52.6 Å². The van der Waals surface area contributed by atoms with Crippen LogP contribution in [-0.4, -0.2) is 90.4 Å². The number of pyridine rings is 2. The van der Waals surface area contributed by atoms with Gasteiger partial charge in [-0.2, -0.15) is 10.1 Å². The molecule has 1 aliphatic heterocycles. The number of piperazine rings is 1. The third-order valence-electron chi connectivity index (χ3n) is 10.9. The SMILES string of the molecule is CC(=O)c1c(C)c2cnc(Nc3ccc(N4CCN(C(=O)COc5ccc6c(C(CCC(N)=O)C(C)=O)nn(C)c6c5)CC4)cn3)nc2n(C2CCCC2)c1=O. The Morgan fingerprint density at radius 2 is 1.73 bits per heavy atom. The number of nitrogens with one attached hydrogen (secondary N) is 1. The number of rotatable bonds is 13. The molecule has 2 aliphatic rings. The molecule has 5 heterocycles. The quantitative estimate of drug-likeness (QED) is 0.163. The zero-order chi connectivity index (χ0) is 39.7. The molecule has 7 rings (SSSR count). The number of primary amides is 1. The van der Waals surface area contributed by atoms with Gasteiger partial charge in [0.2, 0.25) is 11.9 Å². The minimum absolute atomic E-state index is 0.0138. The number of benzene rings is 1. The summed E-state index contributed by atoms with van der Waals surface area (Å²) in [7, 11) is 1.77. The van der Waals surface area contributed by atoms with Gasteiger partial charge < -0.3 is 25.6 Å². The highest BCUT2D eigenvalue weighted by molar-refractivity contribution is 5.99. The summed E-state index contributed by atoms with van der Waals surface area (Å²) in [4.78, 5) is 80.7. The van der Waals surface area contributed by atoms with E-state index in [0.717, 1.165) is 42.3 Å². The van der Waals surface area contributed by atoms with Crippen LogP contribution < -0.4 is 26.2 Å². The predicted molar refractivity (Wildman–Crippen MR) is 210 cm³/mol. The maximum Gasteiger partial charge on any atom is 0.263 e. The number of ketones is 2. The third kappa shape index (κ3) is 7.68. The van der Waals surface area contributed by atoms with Crippen LogP contribution in [0.3, 0.4) is 0 Å². The number of hydrogen-bond acceptors (Lipinski definition) is 12. The first-order valence-electron chi connectivity index (χ1n) is 19.0. The van der Waals surface area contributed by atoms with Crippen molar-refractivity contribution in [2.24, 2.45) is 12.8 Å². The summed E-state index contributed by atoms with van der Waals surface area (Å²) in [5, 5.41) is 9.19. The Bertz CT molecular complexity index is 2390. The molecule has 1 saturated heterocycles. The number of anilines is 3. The van der Waals surface area contributed by atoms with E-state index in [0.29, 0.717) is 66.0 Å². The molecule has 0 bridgehead atoms. The number of carbonyl (C=O) groups is 4. The summed E-state index contributed by atoms with van der Waals surface area (Å²) < 4.78 is 9.26. The zero-order valence-electron chi connectivity index (χ0n) is 32.1. The van der Waals surface area contributed by atoms with E-state index in [1.807, 2.05) is 18.2 Å². The highest BCUT2D eigenvalue weighted by atomic mass is 16.5. The lowest BCUT2D eigenvalue weighted by Crippen LogP contribution is -2.50. The van der Waals surface area contributed by atoms with Gasteiger partial charge in [0.1, 0.15) is 23.0 Å². The largest absolute Gasteiger partial charge is 0.484 e. The van der Waals surface area contributed by atoms with Crippen LogP contribution >= 0.6 is 0 Å². The maximum absolute atomic E-state index is 13.5. The zero-order valence-corrected chi connectivity index (χ0v) is 32.1. The molecule has 16 heteroatoms. The molecule has 4 aromatic heterocycles. The third-order valence-corrected chi connectivity index (χ3v) is 10.9. The Balaban J connectivity index is 0.956. The average molecular weight is 763 g/mol. The summed E-state index contributed by atoms with van der Waals surface area (Å²) in [6.07, 6.45) is 7.56. The summed E-state index contributed by atoms with van der Waals surface area (Å²) in [5.74, 6) is -0.157. The van der Waals surface area contributed by atoms with Gasteiger partial charge in [0.25, 0.3) is 11.5 Å². The first-order valence-corrected chi connectivity index (χ1v) is 19.0. The van der Waals surface area contributed by atoms with Crippen molar-refractivity contribution in [2.75, 3.05) is 43.0 Å². The number of aromatic nitrogens is 6. The number of fused-ring (bicyclic) bond motifs is 2. The number of Topliss-reactive ketones (excluding diaryl/α,β-unsaturated/α-hetero) is 2. The molecule has 1 aliphatic carbocycles. The van der Waals surface area contributed by atoms with Crippen molar-refractivity contribution in [2.45, 2.75) is 71.3 Å². The van der Waals surface area contributed by atoms with Crippen LogP contribution in [0.1, 0.15) is 85.9 Å². The van der Waals surface area contributed by atoms with Crippen LogP contribution in [0, 0.1) is 6.92 Å². The highest BCUT2D eigenvalue weighted by Crippen LogP contribution is 2.33. The van der Waals surface area contributed by atoms with E-state index in [4.69, 9.17) is 15.5 Å². The van der Waals surface area contributed by atoms with E-state index in [-0.39, 0.29) is 54.1 Å². The molecule has 3 N–H and O–H groups in total. The molecular formula is C40H46N10O6. The van der Waals surface area contributed by atoms with Crippen LogP contribution in [-0.2, 0) is 21.4 Å². The Hall–Kier alpha value is -6.19. The molecule has 1 saturated carbocycles. The first-order chi connectivity index (χ1) is 26.9. The molecule has 292 valence electrons. The van der Waals surface area contributed by atoms with Gasteiger partial charge in [-0.1, -0.05) is 12.8 Å². The van der Waals surface area contributed by atoms with Crippen LogP contribution in [0.4, 0.5) is 17.5 Å². The van der Waals surface area contributed by atoms with Gasteiger partial charge in [-0.15, -0.1) is 0 Å². The van der Waals surface area contributed by atoms with Crippen molar-refractivity contribution in [1.82, 2.24) is 34.2 Å². The molecule has 16 nitrogen and oxygen atoms in total. The number of amides is 2. The second-order valence-electron chi connectivity index (χ2n) is 14.6. The van der Waals surface area contributed by atoms with Crippen LogP contribution in [0.15, 0.2) is 47.5 Å². The number of carbonyl (C=O) groups excluding carboxylic acids is 4. The smallest absolute Gasteiger partial charge is 0.263 e. The fraction of sp³-hybridized carbons (Fsp3) is 0.425. The van der Waals surface area contributed by atoms with Crippen molar-refractivity contribution in [3.05, 3.63) is 69.9 Å². The second-order valence-corrected chi connectivity index (χ2v) is 14.6. The lowest BCUT2D eigenvalue weighted by Gasteiger charge is -2.35. The molecule has 1 unspecified atom stereocenters. The fourth-order valence-corrected chi connectivity index (χ4v) is 7.95. The van der Waals surface area contributed by atoms with Crippen molar-refractivity contribution >= 4 is 62.8 Å². The Kier molecular flexibility index (Phi) is 10.8. The molecule has 0 spiro atoms. The average Bonchev–Trinajstić information content (AvgIpc) is 3.82. The van der Waals surface area contributed by atoms with Gasteiger partial charge in [0.05, 0.1) is 34.6 Å². The van der Waals surface area contributed by atoms with Gasteiger partial charge in [-0.3, -0.25) is 33.2 Å². The Labute approximate surface area is 323 Å². The number of aryl methyl sites for hydroxylation is 2. The topological polar surface area (TPSA) is 201 Å². The summed E-state index contributed by atoms with van der Waals surface area (Å²) in [6.45, 7) is 6.81. The van der Waals surface area contributed by atoms with E-state index >= 15 is 0 Å². The molecule has 2 fully saturated rings. The number of ether oxygens (including phenoxy) is 1. The van der Waals surface area contributed by atoms with Crippen LogP contribution in [0.5, 0.6) is 5.75 Å². The van der Waals surface area contributed by atoms with Crippen molar-refractivity contribution < 1.29 is 23.9 Å². The normalized spacial score (nSPS) is 15.4. The van der Waals surface area contributed by atoms with Crippen molar-refractivity contribution in [3.63, 3.8) is 0 Å². The van der Waals surface area contributed by atoms with E-state index in [2.05, 4.69) is 25.3 Å². The predicted octanol–water partition coefficient (Wildman–Crippen LogP) is 4.11. The Morgan fingerprint density at radius 3 is 2.39 bits per heavy atom. The number of hydrogen-bond donors (Lipinski definition) is 2. The molecule has 0 radical (unpaired) electrons. The molecule has 56 heavy (non-hydrogen) atoms.